The van der Waals surface area contributed by atoms with Crippen LogP contribution in [0, 0.1) is 5.92 Å². The van der Waals surface area contributed by atoms with Crippen molar-refractivity contribution in [2.24, 2.45) is 5.92 Å². The quantitative estimate of drug-likeness (QED) is 0.604. The third-order valence-corrected chi connectivity index (χ3v) is 6.95. The van der Waals surface area contributed by atoms with E-state index in [1.807, 2.05) is 42.5 Å². The van der Waals surface area contributed by atoms with Gasteiger partial charge in [0.1, 0.15) is 23.8 Å². The maximum absolute atomic E-state index is 13.4. The lowest BCUT2D eigenvalue weighted by atomic mass is 9.82. The molecule has 34 heavy (non-hydrogen) atoms. The maximum atomic E-state index is 13.4. The van der Waals surface area contributed by atoms with Crippen molar-refractivity contribution in [3.8, 4) is 17.2 Å². The smallest absolute Gasteiger partial charge is 0.257 e. The standard InChI is InChI=1S/C27H31N3O4/c1-33-25-10-6-5-9-23(25)30-18-22(16-28-30)27(32)29-13-14-34-24-12-11-20(15-21(24)17-29)26(31)19-7-3-2-4-8-19/h5-6,9-12,15-16,18-19,26,31H,2-4,7-8,13-14,17H2,1H3/t26-/m0/s1. The molecule has 7 nitrogen and oxygen atoms in total. The van der Waals surface area contributed by atoms with Crippen LogP contribution >= 0.6 is 0 Å². The summed E-state index contributed by atoms with van der Waals surface area (Å²) in [6.07, 6.45) is 8.59. The molecular weight excluding hydrogens is 430 g/mol. The first-order chi connectivity index (χ1) is 16.6. The molecule has 2 heterocycles. The largest absolute Gasteiger partial charge is 0.494 e. The Balaban J connectivity index is 1.35. The number of benzene rings is 2. The van der Waals surface area contributed by atoms with Gasteiger partial charge < -0.3 is 19.5 Å². The maximum Gasteiger partial charge on any atom is 0.257 e. The van der Waals surface area contributed by atoms with Crippen molar-refractivity contribution in [3.05, 3.63) is 71.5 Å². The van der Waals surface area contributed by atoms with Crippen molar-refractivity contribution in [2.75, 3.05) is 20.3 Å². The van der Waals surface area contributed by atoms with Gasteiger partial charge in [-0.1, -0.05) is 37.5 Å². The Labute approximate surface area is 199 Å². The van der Waals surface area contributed by atoms with Crippen molar-refractivity contribution >= 4 is 5.91 Å². The monoisotopic (exact) mass is 461 g/mol. The van der Waals surface area contributed by atoms with Crippen LogP contribution in [0.15, 0.2) is 54.9 Å². The van der Waals surface area contributed by atoms with Gasteiger partial charge in [0.2, 0.25) is 0 Å². The second-order valence-electron chi connectivity index (χ2n) is 9.13. The molecule has 1 fully saturated rings. The van der Waals surface area contributed by atoms with Crippen LogP contribution in [0.3, 0.4) is 0 Å². The molecule has 0 spiro atoms. The molecule has 1 aliphatic carbocycles. The minimum absolute atomic E-state index is 0.101. The summed E-state index contributed by atoms with van der Waals surface area (Å²) < 4.78 is 13.0. The molecular formula is C27H31N3O4. The number of hydrogen-bond donors (Lipinski definition) is 1. The van der Waals surface area contributed by atoms with Crippen molar-refractivity contribution in [1.29, 1.82) is 0 Å². The van der Waals surface area contributed by atoms with E-state index in [1.54, 1.807) is 29.1 Å². The lowest BCUT2D eigenvalue weighted by Gasteiger charge is -2.27. The van der Waals surface area contributed by atoms with Crippen LogP contribution in [-0.4, -0.2) is 46.0 Å². The highest BCUT2D eigenvalue weighted by Gasteiger charge is 2.26. The molecule has 3 aromatic rings. The van der Waals surface area contributed by atoms with Crippen LogP contribution < -0.4 is 9.47 Å². The Morgan fingerprint density at radius 3 is 2.82 bits per heavy atom. The summed E-state index contributed by atoms with van der Waals surface area (Å²) in [7, 11) is 1.61. The average Bonchev–Trinajstić information content (AvgIpc) is 3.28. The molecule has 1 N–H and O–H groups in total. The average molecular weight is 462 g/mol. The molecule has 178 valence electrons. The molecule has 0 radical (unpaired) electrons. The topological polar surface area (TPSA) is 76.8 Å². The van der Waals surface area contributed by atoms with Gasteiger partial charge >= 0.3 is 0 Å². The van der Waals surface area contributed by atoms with E-state index in [4.69, 9.17) is 9.47 Å². The highest BCUT2D eigenvalue weighted by atomic mass is 16.5. The minimum Gasteiger partial charge on any atom is -0.494 e. The van der Waals surface area contributed by atoms with Crippen molar-refractivity contribution in [1.82, 2.24) is 14.7 Å². The van der Waals surface area contributed by atoms with Gasteiger partial charge in [-0.3, -0.25) is 4.79 Å². The molecule has 1 atom stereocenters. The summed E-state index contributed by atoms with van der Waals surface area (Å²) in [4.78, 5) is 15.1. The zero-order valence-electron chi connectivity index (χ0n) is 19.5. The normalized spacial score (nSPS) is 17.4. The van der Waals surface area contributed by atoms with Gasteiger partial charge in [-0.25, -0.2) is 4.68 Å². The van der Waals surface area contributed by atoms with Crippen molar-refractivity contribution in [2.45, 2.75) is 44.8 Å². The number of nitrogens with zero attached hydrogens (tertiary/aromatic N) is 3. The number of aromatic nitrogens is 2. The number of aliphatic hydroxyl groups excluding tert-OH is 1. The fourth-order valence-corrected chi connectivity index (χ4v) is 5.06. The van der Waals surface area contributed by atoms with Crippen molar-refractivity contribution < 1.29 is 19.4 Å². The summed E-state index contributed by atoms with van der Waals surface area (Å²) in [6, 6.07) is 13.5. The molecule has 0 bridgehead atoms. The molecule has 0 unspecified atom stereocenters. The van der Waals surface area contributed by atoms with Gasteiger partial charge in [0.05, 0.1) is 31.5 Å². The second kappa shape index (κ2) is 9.89. The minimum atomic E-state index is -0.475. The van der Waals surface area contributed by atoms with Gasteiger partial charge in [-0.15, -0.1) is 0 Å². The summed E-state index contributed by atoms with van der Waals surface area (Å²) in [5, 5.41) is 15.4. The van der Waals surface area contributed by atoms with Gasteiger partial charge in [0.15, 0.2) is 0 Å². The first-order valence-corrected chi connectivity index (χ1v) is 12.0. The number of carbonyl (C=O) groups is 1. The summed E-state index contributed by atoms with van der Waals surface area (Å²) >= 11 is 0. The van der Waals surface area contributed by atoms with Crippen LogP contribution in [0.1, 0.15) is 59.7 Å². The number of methoxy groups -OCH3 is 1. The highest BCUT2D eigenvalue weighted by Crippen LogP contribution is 2.36. The van der Waals surface area contributed by atoms with Gasteiger partial charge in [0, 0.05) is 18.3 Å². The predicted molar refractivity (Wildman–Crippen MR) is 128 cm³/mol. The Hall–Kier alpha value is -3.32. The molecule has 0 saturated heterocycles. The number of amides is 1. The Morgan fingerprint density at radius 1 is 1.18 bits per heavy atom. The third kappa shape index (κ3) is 4.53. The second-order valence-corrected chi connectivity index (χ2v) is 9.13. The first-order valence-electron chi connectivity index (χ1n) is 12.0. The molecule has 1 aliphatic heterocycles. The zero-order chi connectivity index (χ0) is 23.5. The third-order valence-electron chi connectivity index (χ3n) is 6.95. The van der Waals surface area contributed by atoms with E-state index in [0.29, 0.717) is 36.9 Å². The number of ether oxygens (including phenoxy) is 2. The molecule has 1 saturated carbocycles. The number of rotatable bonds is 5. The Morgan fingerprint density at radius 2 is 2.00 bits per heavy atom. The van der Waals surface area contributed by atoms with Crippen LogP contribution in [-0.2, 0) is 6.54 Å². The van der Waals surface area contributed by atoms with Gasteiger partial charge in [-0.05, 0) is 48.6 Å². The molecule has 1 amide bonds. The van der Waals surface area contributed by atoms with Gasteiger partial charge in [0.25, 0.3) is 5.91 Å². The molecule has 7 heteroatoms. The van der Waals surface area contributed by atoms with Crippen molar-refractivity contribution in [3.63, 3.8) is 0 Å². The number of fused-ring (bicyclic) bond motifs is 1. The number of carbonyl (C=O) groups excluding carboxylic acids is 1. The summed E-state index contributed by atoms with van der Waals surface area (Å²) in [6.45, 7) is 1.33. The fourth-order valence-electron chi connectivity index (χ4n) is 5.06. The predicted octanol–water partition coefficient (Wildman–Crippen LogP) is 4.53. The SMILES string of the molecule is COc1ccccc1-n1cc(C(=O)N2CCOc3ccc([C@@H](O)C4CCCCC4)cc3C2)cn1. The van der Waals surface area contributed by atoms with E-state index < -0.39 is 6.10 Å². The number of aliphatic hydroxyl groups is 1. The lowest BCUT2D eigenvalue weighted by Crippen LogP contribution is -2.32. The highest BCUT2D eigenvalue weighted by molar-refractivity contribution is 5.94. The summed E-state index contributed by atoms with van der Waals surface area (Å²) in [5.41, 5.74) is 3.12. The van der Waals surface area contributed by atoms with E-state index in [9.17, 15) is 9.90 Å². The fraction of sp³-hybridized carbons (Fsp3) is 0.407. The lowest BCUT2D eigenvalue weighted by molar-refractivity contribution is 0.0733. The van der Waals surface area contributed by atoms with Crippen LogP contribution in [0.2, 0.25) is 0 Å². The summed E-state index contributed by atoms with van der Waals surface area (Å²) in [5.74, 6) is 1.67. The van der Waals surface area contributed by atoms with Crippen LogP contribution in [0.4, 0.5) is 0 Å². The van der Waals surface area contributed by atoms with E-state index in [-0.39, 0.29) is 5.91 Å². The van der Waals surface area contributed by atoms with Crippen LogP contribution in [0.25, 0.3) is 5.69 Å². The molecule has 5 rings (SSSR count). The van der Waals surface area contributed by atoms with Crippen LogP contribution in [0.5, 0.6) is 11.5 Å². The molecule has 2 aromatic carbocycles. The number of para-hydroxylation sites is 2. The van der Waals surface area contributed by atoms with Gasteiger partial charge in [-0.2, -0.15) is 5.10 Å². The molecule has 2 aliphatic rings. The van der Waals surface area contributed by atoms with E-state index in [0.717, 1.165) is 35.4 Å². The van der Waals surface area contributed by atoms with E-state index >= 15 is 0 Å². The number of hydrogen-bond acceptors (Lipinski definition) is 5. The molecule has 1 aromatic heterocycles. The Kier molecular flexibility index (Phi) is 6.54. The van der Waals surface area contributed by atoms with E-state index in [2.05, 4.69) is 5.10 Å². The van der Waals surface area contributed by atoms with E-state index in [1.165, 1.54) is 19.3 Å². The Bertz CT molecular complexity index is 1150. The first kappa shape index (κ1) is 22.5. The zero-order valence-corrected chi connectivity index (χ0v) is 19.5.